The first-order chi connectivity index (χ1) is 14.3. The lowest BCUT2D eigenvalue weighted by Gasteiger charge is -2.14. The van der Waals surface area contributed by atoms with Crippen molar-refractivity contribution in [3.63, 3.8) is 0 Å². The summed E-state index contributed by atoms with van der Waals surface area (Å²) in [6.45, 7) is 3.14. The first kappa shape index (κ1) is 24.1. The SMILES string of the molecule is CCOc1ccc(Cc2cc(C(=O)P(=O)(O)O)ccc2OCCCCCCO)cc1. The highest BCUT2D eigenvalue weighted by Crippen LogP contribution is 2.40. The van der Waals surface area contributed by atoms with E-state index < -0.39 is 13.1 Å². The van der Waals surface area contributed by atoms with Gasteiger partial charge in [-0.1, -0.05) is 18.6 Å². The molecule has 2 aromatic rings. The van der Waals surface area contributed by atoms with Crippen LogP contribution in [0.3, 0.4) is 0 Å². The normalized spacial score (nSPS) is 11.3. The van der Waals surface area contributed by atoms with Gasteiger partial charge in [0, 0.05) is 18.6 Å². The second kappa shape index (κ2) is 11.9. The van der Waals surface area contributed by atoms with Gasteiger partial charge in [-0.05, 0) is 67.6 Å². The number of carbonyl (C=O) groups is 1. The lowest BCUT2D eigenvalue weighted by molar-refractivity contribution is 0.104. The van der Waals surface area contributed by atoms with Gasteiger partial charge in [-0.3, -0.25) is 9.36 Å². The molecule has 164 valence electrons. The highest BCUT2D eigenvalue weighted by atomic mass is 31.2. The van der Waals surface area contributed by atoms with Crippen LogP contribution >= 0.6 is 7.60 Å². The first-order valence-corrected chi connectivity index (χ1v) is 11.6. The van der Waals surface area contributed by atoms with Gasteiger partial charge in [0.25, 0.3) is 5.52 Å². The van der Waals surface area contributed by atoms with E-state index in [2.05, 4.69) is 0 Å². The van der Waals surface area contributed by atoms with Gasteiger partial charge in [-0.2, -0.15) is 0 Å². The topological polar surface area (TPSA) is 113 Å². The van der Waals surface area contributed by atoms with Crippen LogP contribution in [0.25, 0.3) is 0 Å². The average Bonchev–Trinajstić information content (AvgIpc) is 2.72. The maximum Gasteiger partial charge on any atom is 0.396 e. The Bertz CT molecular complexity index is 858. The molecule has 0 aromatic heterocycles. The molecule has 0 heterocycles. The fourth-order valence-corrected chi connectivity index (χ4v) is 3.47. The number of aliphatic hydroxyl groups is 1. The van der Waals surface area contributed by atoms with Crippen molar-refractivity contribution in [2.24, 2.45) is 0 Å². The molecule has 30 heavy (non-hydrogen) atoms. The van der Waals surface area contributed by atoms with Crippen LogP contribution in [0.15, 0.2) is 42.5 Å². The van der Waals surface area contributed by atoms with Crippen molar-refractivity contribution < 1.29 is 33.7 Å². The van der Waals surface area contributed by atoms with Crippen molar-refractivity contribution in [2.75, 3.05) is 19.8 Å². The minimum Gasteiger partial charge on any atom is -0.494 e. The molecule has 0 bridgehead atoms. The minimum atomic E-state index is -4.86. The molecule has 0 radical (unpaired) electrons. The third-order valence-corrected chi connectivity index (χ3v) is 5.30. The van der Waals surface area contributed by atoms with E-state index in [1.165, 1.54) is 12.1 Å². The highest BCUT2D eigenvalue weighted by molar-refractivity contribution is 7.70. The summed E-state index contributed by atoms with van der Waals surface area (Å²) in [5.74, 6) is 1.33. The van der Waals surface area contributed by atoms with Crippen LogP contribution in [0.2, 0.25) is 0 Å². The van der Waals surface area contributed by atoms with Crippen molar-refractivity contribution in [3.8, 4) is 11.5 Å². The second-order valence-corrected chi connectivity index (χ2v) is 8.41. The Hall–Kier alpha value is -2.18. The molecular weight excluding hydrogens is 407 g/mol. The van der Waals surface area contributed by atoms with Gasteiger partial charge in [0.15, 0.2) is 0 Å². The van der Waals surface area contributed by atoms with Crippen LogP contribution in [-0.4, -0.2) is 40.2 Å². The molecular formula is C22H29O7P. The fourth-order valence-electron chi connectivity index (χ4n) is 3.00. The molecule has 0 amide bonds. The van der Waals surface area contributed by atoms with Gasteiger partial charge in [0.1, 0.15) is 11.5 Å². The maximum absolute atomic E-state index is 12.0. The van der Waals surface area contributed by atoms with E-state index in [1.807, 2.05) is 31.2 Å². The summed E-state index contributed by atoms with van der Waals surface area (Å²) in [6.07, 6.45) is 3.89. The molecule has 0 atom stereocenters. The molecule has 0 fully saturated rings. The monoisotopic (exact) mass is 436 g/mol. The predicted molar refractivity (Wildman–Crippen MR) is 114 cm³/mol. The van der Waals surface area contributed by atoms with E-state index in [1.54, 1.807) is 6.07 Å². The molecule has 7 nitrogen and oxygen atoms in total. The van der Waals surface area contributed by atoms with Crippen molar-refractivity contribution in [2.45, 2.75) is 39.0 Å². The van der Waals surface area contributed by atoms with E-state index >= 15 is 0 Å². The van der Waals surface area contributed by atoms with Gasteiger partial charge in [-0.25, -0.2) is 0 Å². The van der Waals surface area contributed by atoms with Crippen molar-refractivity contribution >= 4 is 13.1 Å². The van der Waals surface area contributed by atoms with Crippen LogP contribution < -0.4 is 9.47 Å². The summed E-state index contributed by atoms with van der Waals surface area (Å²) in [4.78, 5) is 30.4. The number of hydrogen-bond donors (Lipinski definition) is 3. The molecule has 8 heteroatoms. The van der Waals surface area contributed by atoms with Crippen LogP contribution in [-0.2, 0) is 11.0 Å². The van der Waals surface area contributed by atoms with Gasteiger partial charge < -0.3 is 24.4 Å². The summed E-state index contributed by atoms with van der Waals surface area (Å²) in [5.41, 5.74) is 0.381. The first-order valence-electron chi connectivity index (χ1n) is 10.0. The van der Waals surface area contributed by atoms with Gasteiger partial charge >= 0.3 is 7.60 Å². The largest absolute Gasteiger partial charge is 0.494 e. The van der Waals surface area contributed by atoms with Crippen LogP contribution in [0.4, 0.5) is 0 Å². The Morgan fingerprint density at radius 1 is 0.967 bits per heavy atom. The molecule has 0 saturated carbocycles. The smallest absolute Gasteiger partial charge is 0.396 e. The molecule has 0 spiro atoms. The zero-order valence-corrected chi connectivity index (χ0v) is 18.0. The number of aliphatic hydroxyl groups excluding tert-OH is 1. The fraction of sp³-hybridized carbons (Fsp3) is 0.409. The third kappa shape index (κ3) is 7.58. The number of benzene rings is 2. The van der Waals surface area contributed by atoms with E-state index in [-0.39, 0.29) is 12.2 Å². The number of ether oxygens (including phenoxy) is 2. The number of unbranched alkanes of at least 4 members (excludes halogenated alkanes) is 3. The number of carbonyl (C=O) groups excluding carboxylic acids is 1. The predicted octanol–water partition coefficient (Wildman–Crippen LogP) is 3.93. The van der Waals surface area contributed by atoms with E-state index in [9.17, 15) is 19.1 Å². The van der Waals surface area contributed by atoms with E-state index in [0.717, 1.165) is 37.0 Å². The molecule has 0 aliphatic carbocycles. The summed E-state index contributed by atoms with van der Waals surface area (Å²) in [6, 6.07) is 12.0. The van der Waals surface area contributed by atoms with Crippen LogP contribution in [0.1, 0.15) is 54.1 Å². The molecule has 2 aromatic carbocycles. The Morgan fingerprint density at radius 2 is 1.67 bits per heavy atom. The van der Waals surface area contributed by atoms with E-state index in [4.69, 9.17) is 14.6 Å². The number of rotatable bonds is 13. The standard InChI is InChI=1S/C22H29O7P/c1-2-28-20-10-7-17(8-11-20)15-19-16-18(22(24)30(25,26)27)9-12-21(19)29-14-6-4-3-5-13-23/h7-12,16,23H,2-6,13-15H2,1H3,(H2,25,26,27). The lowest BCUT2D eigenvalue weighted by atomic mass is 10.0. The molecule has 0 unspecified atom stereocenters. The molecule has 0 aliphatic rings. The Balaban J connectivity index is 2.18. The van der Waals surface area contributed by atoms with Crippen LogP contribution in [0.5, 0.6) is 11.5 Å². The molecule has 3 N–H and O–H groups in total. The maximum atomic E-state index is 12.0. The van der Waals surface area contributed by atoms with Crippen molar-refractivity contribution in [1.82, 2.24) is 0 Å². The third-order valence-electron chi connectivity index (χ3n) is 4.51. The van der Waals surface area contributed by atoms with Crippen molar-refractivity contribution in [1.29, 1.82) is 0 Å². The summed E-state index contributed by atoms with van der Waals surface area (Å²) >= 11 is 0. The van der Waals surface area contributed by atoms with Crippen LogP contribution in [0, 0.1) is 0 Å². The second-order valence-electron chi connectivity index (χ2n) is 6.91. The van der Waals surface area contributed by atoms with Crippen molar-refractivity contribution in [3.05, 3.63) is 59.2 Å². The highest BCUT2D eigenvalue weighted by Gasteiger charge is 2.28. The summed E-state index contributed by atoms with van der Waals surface area (Å²) in [5, 5.41) is 8.83. The molecule has 0 saturated heterocycles. The quantitative estimate of drug-likeness (QED) is 0.322. The van der Waals surface area contributed by atoms with Gasteiger partial charge in [0.05, 0.1) is 13.2 Å². The molecule has 0 aliphatic heterocycles. The summed E-state index contributed by atoms with van der Waals surface area (Å²) in [7, 11) is -4.86. The van der Waals surface area contributed by atoms with E-state index in [0.29, 0.717) is 30.9 Å². The lowest BCUT2D eigenvalue weighted by Crippen LogP contribution is -2.05. The average molecular weight is 436 g/mol. The Labute approximate surface area is 176 Å². The molecule has 2 rings (SSSR count). The minimum absolute atomic E-state index is 0.0421. The zero-order valence-electron chi connectivity index (χ0n) is 17.1. The van der Waals surface area contributed by atoms with Gasteiger partial charge in [0.2, 0.25) is 0 Å². The Kier molecular flexibility index (Phi) is 9.53. The Morgan fingerprint density at radius 3 is 2.30 bits per heavy atom. The number of hydrogen-bond acceptors (Lipinski definition) is 5. The zero-order chi connectivity index (χ0) is 22.0. The van der Waals surface area contributed by atoms with Gasteiger partial charge in [-0.15, -0.1) is 0 Å². The summed E-state index contributed by atoms with van der Waals surface area (Å²) < 4.78 is 22.7.